The number of phenolic OH excluding ortho intramolecular Hbond substituents is 2. The van der Waals surface area contributed by atoms with E-state index in [-0.39, 0.29) is 16.0 Å². The lowest BCUT2D eigenvalue weighted by molar-refractivity contribution is 0.112. The van der Waals surface area contributed by atoms with Crippen molar-refractivity contribution in [2.24, 2.45) is 0 Å². The number of rotatable bonds is 1. The zero-order valence-electron chi connectivity index (χ0n) is 5.41. The number of phenols is 2. The molecule has 0 saturated carbocycles. The minimum absolute atomic E-state index is 0.215. The lowest BCUT2D eigenvalue weighted by atomic mass is 10.2. The molecule has 58 valence electrons. The van der Waals surface area contributed by atoms with Crippen LogP contribution in [-0.2, 0) is 0 Å². The average Bonchev–Trinajstić information content (AvgIpc) is 2.01. The second-order valence-corrected chi connectivity index (χ2v) is 2.75. The molecule has 0 spiro atoms. The number of aromatic hydroxyl groups is 2. The van der Waals surface area contributed by atoms with Gasteiger partial charge in [-0.25, -0.2) is 0 Å². The number of halogens is 1. The van der Waals surface area contributed by atoms with Gasteiger partial charge in [-0.3, -0.25) is 4.79 Å². The van der Waals surface area contributed by atoms with Gasteiger partial charge in [-0.2, -0.15) is 0 Å². The largest absolute Gasteiger partial charge is 0.504 e. The van der Waals surface area contributed by atoms with Gasteiger partial charge in [0.1, 0.15) is 0 Å². The van der Waals surface area contributed by atoms with Crippen LogP contribution in [0.15, 0.2) is 16.6 Å². The van der Waals surface area contributed by atoms with Crippen LogP contribution in [-0.4, -0.2) is 16.5 Å². The Morgan fingerprint density at radius 2 is 2.00 bits per heavy atom. The van der Waals surface area contributed by atoms with Gasteiger partial charge in [0.15, 0.2) is 17.8 Å². The van der Waals surface area contributed by atoms with Gasteiger partial charge in [-0.05, 0) is 28.1 Å². The summed E-state index contributed by atoms with van der Waals surface area (Å²) in [6.45, 7) is 0. The van der Waals surface area contributed by atoms with Crippen molar-refractivity contribution < 1.29 is 15.0 Å². The number of carbonyl (C=O) groups is 1. The van der Waals surface area contributed by atoms with E-state index in [0.29, 0.717) is 11.8 Å². The van der Waals surface area contributed by atoms with E-state index in [1.54, 1.807) is 0 Å². The zero-order valence-corrected chi connectivity index (χ0v) is 7.00. The minimum atomic E-state index is -0.311. The molecular formula is C7H5BrO3. The van der Waals surface area contributed by atoms with E-state index >= 15 is 0 Å². The topological polar surface area (TPSA) is 57.5 Å². The van der Waals surface area contributed by atoms with Gasteiger partial charge in [-0.15, -0.1) is 0 Å². The van der Waals surface area contributed by atoms with Gasteiger partial charge in [-0.1, -0.05) is 0 Å². The molecule has 0 radical (unpaired) electrons. The fourth-order valence-corrected chi connectivity index (χ4v) is 1.09. The van der Waals surface area contributed by atoms with E-state index in [4.69, 9.17) is 10.2 Å². The smallest absolute Gasteiger partial charge is 0.172 e. The third-order valence-corrected chi connectivity index (χ3v) is 2.09. The summed E-state index contributed by atoms with van der Waals surface area (Å²) in [6.07, 6.45) is 0.587. The molecule has 3 nitrogen and oxygen atoms in total. The van der Waals surface area contributed by atoms with Crippen LogP contribution in [0.4, 0.5) is 0 Å². The van der Waals surface area contributed by atoms with Crippen LogP contribution in [0.1, 0.15) is 10.4 Å². The first-order valence-corrected chi connectivity index (χ1v) is 3.61. The van der Waals surface area contributed by atoms with Crippen LogP contribution in [0.5, 0.6) is 11.5 Å². The molecule has 0 aliphatic carbocycles. The van der Waals surface area contributed by atoms with Crippen LogP contribution in [0.3, 0.4) is 0 Å². The number of hydrogen-bond donors (Lipinski definition) is 2. The SMILES string of the molecule is O=Cc1ccc(O)c(O)c1Br. The fourth-order valence-electron chi connectivity index (χ4n) is 0.661. The highest BCUT2D eigenvalue weighted by Gasteiger charge is 2.07. The molecule has 0 bridgehead atoms. The van der Waals surface area contributed by atoms with Crippen LogP contribution in [0, 0.1) is 0 Å². The highest BCUT2D eigenvalue weighted by molar-refractivity contribution is 9.10. The van der Waals surface area contributed by atoms with Gasteiger partial charge in [0.05, 0.1) is 4.47 Å². The number of benzene rings is 1. The Bertz CT molecular complexity index is 296. The Morgan fingerprint density at radius 3 is 2.55 bits per heavy atom. The maximum absolute atomic E-state index is 10.3. The summed E-state index contributed by atoms with van der Waals surface area (Å²) in [5.74, 6) is -0.558. The summed E-state index contributed by atoms with van der Waals surface area (Å²) in [7, 11) is 0. The first kappa shape index (κ1) is 8.07. The van der Waals surface area contributed by atoms with Gasteiger partial charge in [0, 0.05) is 5.56 Å². The Labute approximate surface area is 71.4 Å². The number of carbonyl (C=O) groups excluding carboxylic acids is 1. The first-order valence-electron chi connectivity index (χ1n) is 2.82. The Morgan fingerprint density at radius 1 is 1.36 bits per heavy atom. The molecule has 0 unspecified atom stereocenters. The fraction of sp³-hybridized carbons (Fsp3) is 0. The highest BCUT2D eigenvalue weighted by atomic mass is 79.9. The summed E-state index contributed by atoms with van der Waals surface area (Å²) in [5.41, 5.74) is 0.306. The lowest BCUT2D eigenvalue weighted by Gasteiger charge is -2.00. The van der Waals surface area contributed by atoms with E-state index < -0.39 is 0 Å². The predicted molar refractivity (Wildman–Crippen MR) is 42.9 cm³/mol. The first-order chi connectivity index (χ1) is 5.16. The molecule has 0 fully saturated rings. The van der Waals surface area contributed by atoms with Crippen molar-refractivity contribution in [1.82, 2.24) is 0 Å². The quantitative estimate of drug-likeness (QED) is 0.555. The molecule has 0 aliphatic rings. The third kappa shape index (κ3) is 1.35. The summed E-state index contributed by atoms with van der Waals surface area (Å²) in [5, 5.41) is 18.0. The molecule has 0 heterocycles. The lowest BCUT2D eigenvalue weighted by Crippen LogP contribution is -1.82. The van der Waals surface area contributed by atoms with Crippen molar-refractivity contribution >= 4 is 22.2 Å². The molecular weight excluding hydrogens is 212 g/mol. The molecule has 2 N–H and O–H groups in total. The third-order valence-electron chi connectivity index (χ3n) is 1.25. The molecule has 0 atom stereocenters. The molecule has 4 heteroatoms. The molecule has 0 aromatic heterocycles. The van der Waals surface area contributed by atoms with Crippen LogP contribution in [0.25, 0.3) is 0 Å². The molecule has 1 rings (SSSR count). The predicted octanol–water partition coefficient (Wildman–Crippen LogP) is 1.67. The Kier molecular flexibility index (Phi) is 2.14. The van der Waals surface area contributed by atoms with Crippen molar-refractivity contribution in [2.75, 3.05) is 0 Å². The zero-order chi connectivity index (χ0) is 8.43. The maximum Gasteiger partial charge on any atom is 0.172 e. The number of aldehydes is 1. The summed E-state index contributed by atoms with van der Waals surface area (Å²) >= 11 is 2.95. The molecule has 1 aromatic carbocycles. The van der Waals surface area contributed by atoms with Gasteiger partial charge in [0.25, 0.3) is 0 Å². The Balaban J connectivity index is 3.36. The van der Waals surface area contributed by atoms with E-state index in [2.05, 4.69) is 15.9 Å². The normalized spacial score (nSPS) is 9.55. The van der Waals surface area contributed by atoms with Crippen molar-refractivity contribution in [1.29, 1.82) is 0 Å². The standard InChI is InChI=1S/C7H5BrO3/c8-6-4(3-9)1-2-5(10)7(6)11/h1-3,10-11H. The summed E-state index contributed by atoms with van der Waals surface area (Å²) in [4.78, 5) is 10.3. The molecule has 0 saturated heterocycles. The van der Waals surface area contributed by atoms with Gasteiger partial charge >= 0.3 is 0 Å². The van der Waals surface area contributed by atoms with Crippen molar-refractivity contribution in [3.8, 4) is 11.5 Å². The molecule has 1 aromatic rings. The van der Waals surface area contributed by atoms with Crippen LogP contribution >= 0.6 is 15.9 Å². The van der Waals surface area contributed by atoms with E-state index in [1.165, 1.54) is 12.1 Å². The van der Waals surface area contributed by atoms with Crippen LogP contribution in [0.2, 0.25) is 0 Å². The van der Waals surface area contributed by atoms with E-state index in [0.717, 1.165) is 0 Å². The molecule has 0 aliphatic heterocycles. The second kappa shape index (κ2) is 2.92. The van der Waals surface area contributed by atoms with Crippen LogP contribution < -0.4 is 0 Å². The van der Waals surface area contributed by atoms with Gasteiger partial charge < -0.3 is 10.2 Å². The summed E-state index contributed by atoms with van der Waals surface area (Å²) < 4.78 is 0.215. The molecule has 0 amide bonds. The van der Waals surface area contributed by atoms with Crippen molar-refractivity contribution in [3.05, 3.63) is 22.2 Å². The Hall–Kier alpha value is -1.03. The van der Waals surface area contributed by atoms with E-state index in [9.17, 15) is 4.79 Å². The second-order valence-electron chi connectivity index (χ2n) is 1.95. The van der Waals surface area contributed by atoms with E-state index in [1.807, 2.05) is 0 Å². The van der Waals surface area contributed by atoms with Crippen molar-refractivity contribution in [2.45, 2.75) is 0 Å². The van der Waals surface area contributed by atoms with Crippen molar-refractivity contribution in [3.63, 3.8) is 0 Å². The van der Waals surface area contributed by atoms with Gasteiger partial charge in [0.2, 0.25) is 0 Å². The monoisotopic (exact) mass is 216 g/mol. The maximum atomic E-state index is 10.3. The summed E-state index contributed by atoms with van der Waals surface area (Å²) in [6, 6.07) is 2.66. The average molecular weight is 217 g/mol. The highest BCUT2D eigenvalue weighted by Crippen LogP contribution is 2.34. The minimum Gasteiger partial charge on any atom is -0.504 e. The molecule has 11 heavy (non-hydrogen) atoms. The number of hydrogen-bond acceptors (Lipinski definition) is 3.